The standard InChI is InChI=1S/C14H29NO2/c1-12(2)15-14(10-16)8-9-17-11-13-6-4-3-5-7-13/h12-16H,3-11H2,1-2H3. The molecular formula is C14H29NO2. The largest absolute Gasteiger partial charge is 0.395 e. The van der Waals surface area contributed by atoms with Gasteiger partial charge in [0.05, 0.1) is 6.61 Å². The second-order valence-corrected chi connectivity index (χ2v) is 5.57. The zero-order valence-corrected chi connectivity index (χ0v) is 11.5. The van der Waals surface area contributed by atoms with Crippen LogP contribution in [-0.4, -0.2) is 37.0 Å². The molecule has 0 radical (unpaired) electrons. The third-order valence-electron chi connectivity index (χ3n) is 3.48. The van der Waals surface area contributed by atoms with Gasteiger partial charge in [0.2, 0.25) is 0 Å². The van der Waals surface area contributed by atoms with Gasteiger partial charge in [0.25, 0.3) is 0 Å². The molecule has 2 N–H and O–H groups in total. The Morgan fingerprint density at radius 3 is 2.53 bits per heavy atom. The first-order valence-electron chi connectivity index (χ1n) is 7.17. The summed E-state index contributed by atoms with van der Waals surface area (Å²) in [6.07, 6.45) is 7.74. The minimum Gasteiger partial charge on any atom is -0.395 e. The predicted molar refractivity (Wildman–Crippen MR) is 71.2 cm³/mol. The van der Waals surface area contributed by atoms with Gasteiger partial charge >= 0.3 is 0 Å². The molecule has 0 spiro atoms. The molecule has 0 heterocycles. The van der Waals surface area contributed by atoms with Crippen molar-refractivity contribution in [2.24, 2.45) is 5.92 Å². The molecule has 1 aliphatic carbocycles. The van der Waals surface area contributed by atoms with Gasteiger partial charge in [0.15, 0.2) is 0 Å². The first-order valence-corrected chi connectivity index (χ1v) is 7.17. The Morgan fingerprint density at radius 1 is 1.24 bits per heavy atom. The Labute approximate surface area is 106 Å². The molecule has 0 amide bonds. The molecule has 1 aliphatic rings. The Bertz CT molecular complexity index is 179. The molecule has 1 unspecified atom stereocenters. The Balaban J connectivity index is 2.01. The first kappa shape index (κ1) is 14.9. The minimum atomic E-state index is 0.182. The van der Waals surface area contributed by atoms with Crippen LogP contribution in [0.2, 0.25) is 0 Å². The highest BCUT2D eigenvalue weighted by atomic mass is 16.5. The van der Waals surface area contributed by atoms with Crippen molar-refractivity contribution < 1.29 is 9.84 Å². The van der Waals surface area contributed by atoms with Crippen molar-refractivity contribution in [2.75, 3.05) is 19.8 Å². The summed E-state index contributed by atoms with van der Waals surface area (Å²) in [6, 6.07) is 0.604. The van der Waals surface area contributed by atoms with Crippen LogP contribution in [0.5, 0.6) is 0 Å². The Morgan fingerprint density at radius 2 is 1.94 bits per heavy atom. The summed E-state index contributed by atoms with van der Waals surface area (Å²) < 4.78 is 5.74. The maximum atomic E-state index is 9.20. The predicted octanol–water partition coefficient (Wildman–Crippen LogP) is 2.33. The van der Waals surface area contributed by atoms with Crippen molar-refractivity contribution in [1.82, 2.24) is 5.32 Å². The molecule has 17 heavy (non-hydrogen) atoms. The summed E-state index contributed by atoms with van der Waals surface area (Å²) in [5.41, 5.74) is 0. The van der Waals surface area contributed by atoms with Crippen molar-refractivity contribution in [3.8, 4) is 0 Å². The Hall–Kier alpha value is -0.120. The van der Waals surface area contributed by atoms with Crippen LogP contribution in [-0.2, 0) is 4.74 Å². The summed E-state index contributed by atoms with van der Waals surface area (Å²) in [5.74, 6) is 0.786. The number of ether oxygens (including phenoxy) is 1. The van der Waals surface area contributed by atoms with E-state index in [1.54, 1.807) is 0 Å². The number of aliphatic hydroxyl groups is 1. The van der Waals surface area contributed by atoms with Crippen LogP contribution in [0.3, 0.4) is 0 Å². The van der Waals surface area contributed by atoms with E-state index in [4.69, 9.17) is 4.74 Å². The van der Waals surface area contributed by atoms with Crippen LogP contribution in [0.15, 0.2) is 0 Å². The van der Waals surface area contributed by atoms with Gasteiger partial charge < -0.3 is 15.2 Å². The van der Waals surface area contributed by atoms with Crippen LogP contribution in [0, 0.1) is 5.92 Å². The van der Waals surface area contributed by atoms with Crippen LogP contribution < -0.4 is 5.32 Å². The van der Waals surface area contributed by atoms with Gasteiger partial charge in [0, 0.05) is 25.3 Å². The second kappa shape index (κ2) is 8.90. The second-order valence-electron chi connectivity index (χ2n) is 5.57. The van der Waals surface area contributed by atoms with E-state index in [-0.39, 0.29) is 12.6 Å². The lowest BCUT2D eigenvalue weighted by Gasteiger charge is -2.22. The van der Waals surface area contributed by atoms with E-state index in [1.807, 2.05) is 0 Å². The third kappa shape index (κ3) is 7.02. The van der Waals surface area contributed by atoms with Gasteiger partial charge in [0.1, 0.15) is 0 Å². The van der Waals surface area contributed by atoms with Crippen molar-refractivity contribution in [3.05, 3.63) is 0 Å². The lowest BCUT2D eigenvalue weighted by molar-refractivity contribution is 0.0729. The highest BCUT2D eigenvalue weighted by Gasteiger charge is 2.14. The van der Waals surface area contributed by atoms with E-state index in [9.17, 15) is 5.11 Å². The molecule has 0 aromatic carbocycles. The molecule has 102 valence electrons. The van der Waals surface area contributed by atoms with E-state index in [0.29, 0.717) is 6.04 Å². The fourth-order valence-electron chi connectivity index (χ4n) is 2.53. The smallest absolute Gasteiger partial charge is 0.0585 e. The fraction of sp³-hybridized carbons (Fsp3) is 1.00. The monoisotopic (exact) mass is 243 g/mol. The van der Waals surface area contributed by atoms with E-state index in [0.717, 1.165) is 25.6 Å². The summed E-state index contributed by atoms with van der Waals surface area (Å²) in [7, 11) is 0. The maximum Gasteiger partial charge on any atom is 0.0585 e. The molecule has 0 aromatic rings. The van der Waals surface area contributed by atoms with Crippen molar-refractivity contribution >= 4 is 0 Å². The van der Waals surface area contributed by atoms with Gasteiger partial charge in [-0.25, -0.2) is 0 Å². The number of nitrogens with one attached hydrogen (secondary N) is 1. The molecule has 3 nitrogen and oxygen atoms in total. The first-order chi connectivity index (χ1) is 8.22. The number of hydrogen-bond donors (Lipinski definition) is 2. The minimum absolute atomic E-state index is 0.182. The van der Waals surface area contributed by atoms with Gasteiger partial charge in [-0.15, -0.1) is 0 Å². The van der Waals surface area contributed by atoms with Crippen molar-refractivity contribution in [1.29, 1.82) is 0 Å². The fourth-order valence-corrected chi connectivity index (χ4v) is 2.53. The van der Waals surface area contributed by atoms with E-state index in [2.05, 4.69) is 19.2 Å². The summed E-state index contributed by atoms with van der Waals surface area (Å²) >= 11 is 0. The van der Waals surface area contributed by atoms with Gasteiger partial charge in [-0.05, 0) is 25.2 Å². The van der Waals surface area contributed by atoms with Crippen molar-refractivity contribution in [2.45, 2.75) is 64.5 Å². The number of aliphatic hydroxyl groups excluding tert-OH is 1. The lowest BCUT2D eigenvalue weighted by atomic mass is 9.90. The molecule has 0 aromatic heterocycles. The van der Waals surface area contributed by atoms with E-state index >= 15 is 0 Å². The van der Waals surface area contributed by atoms with Crippen LogP contribution in [0.4, 0.5) is 0 Å². The Kier molecular flexibility index (Phi) is 7.82. The zero-order chi connectivity index (χ0) is 12.5. The highest BCUT2D eigenvalue weighted by molar-refractivity contribution is 4.68. The van der Waals surface area contributed by atoms with Crippen LogP contribution >= 0.6 is 0 Å². The maximum absolute atomic E-state index is 9.20. The molecule has 3 heteroatoms. The molecule has 0 aliphatic heterocycles. The third-order valence-corrected chi connectivity index (χ3v) is 3.48. The number of rotatable bonds is 8. The zero-order valence-electron chi connectivity index (χ0n) is 11.5. The summed E-state index contributed by atoms with van der Waals surface area (Å²) in [6.45, 7) is 6.09. The molecule has 1 atom stereocenters. The highest BCUT2D eigenvalue weighted by Crippen LogP contribution is 2.23. The van der Waals surface area contributed by atoms with Gasteiger partial charge in [-0.1, -0.05) is 33.1 Å². The van der Waals surface area contributed by atoms with Gasteiger partial charge in [-0.3, -0.25) is 0 Å². The van der Waals surface area contributed by atoms with Crippen molar-refractivity contribution in [3.63, 3.8) is 0 Å². The molecule has 1 saturated carbocycles. The van der Waals surface area contributed by atoms with Gasteiger partial charge in [-0.2, -0.15) is 0 Å². The summed E-state index contributed by atoms with van der Waals surface area (Å²) in [4.78, 5) is 0. The molecule has 0 saturated heterocycles. The number of hydrogen-bond acceptors (Lipinski definition) is 3. The quantitative estimate of drug-likeness (QED) is 0.643. The summed E-state index contributed by atoms with van der Waals surface area (Å²) in [5, 5.41) is 12.5. The van der Waals surface area contributed by atoms with E-state index < -0.39 is 0 Å². The average Bonchev–Trinajstić information content (AvgIpc) is 2.34. The molecule has 0 bridgehead atoms. The topological polar surface area (TPSA) is 41.5 Å². The molecule has 1 fully saturated rings. The van der Waals surface area contributed by atoms with Crippen LogP contribution in [0.25, 0.3) is 0 Å². The van der Waals surface area contributed by atoms with E-state index in [1.165, 1.54) is 32.1 Å². The van der Waals surface area contributed by atoms with Crippen LogP contribution in [0.1, 0.15) is 52.4 Å². The molecule has 1 rings (SSSR count). The lowest BCUT2D eigenvalue weighted by Crippen LogP contribution is -2.38. The molecular weight excluding hydrogens is 214 g/mol. The average molecular weight is 243 g/mol. The SMILES string of the molecule is CC(C)NC(CO)CCOCC1CCCCC1. The normalized spacial score (nSPS) is 19.8.